The molecule has 0 saturated carbocycles. The lowest BCUT2D eigenvalue weighted by Gasteiger charge is -2.43. The van der Waals surface area contributed by atoms with Gasteiger partial charge in [0.15, 0.2) is 11.5 Å². The van der Waals surface area contributed by atoms with E-state index in [1.165, 1.54) is 36.1 Å². The van der Waals surface area contributed by atoms with Crippen LogP contribution in [0.3, 0.4) is 0 Å². The second kappa shape index (κ2) is 8.51. The average molecular weight is 481 g/mol. The summed E-state index contributed by atoms with van der Waals surface area (Å²) in [5, 5.41) is 12.9. The van der Waals surface area contributed by atoms with Gasteiger partial charge in [0.05, 0.1) is 0 Å². The zero-order valence-corrected chi connectivity index (χ0v) is 20.3. The van der Waals surface area contributed by atoms with Crippen molar-refractivity contribution in [3.8, 4) is 28.4 Å². The van der Waals surface area contributed by atoms with Gasteiger partial charge in [0.25, 0.3) is 0 Å². The fourth-order valence-corrected chi connectivity index (χ4v) is 7.42. The number of aromatic nitrogens is 1. The number of para-hydroxylation sites is 1. The van der Waals surface area contributed by atoms with Crippen molar-refractivity contribution in [2.24, 2.45) is 5.92 Å². The predicted octanol–water partition coefficient (Wildman–Crippen LogP) is 7.20. The number of thiophene rings is 1. The summed E-state index contributed by atoms with van der Waals surface area (Å²) < 4.78 is 6.37. The summed E-state index contributed by atoms with van der Waals surface area (Å²) in [5.41, 5.74) is 4.52. The molecule has 176 valence electrons. The number of nitrogens with zero attached hydrogens (tertiary/aromatic N) is 2. The molecule has 0 aliphatic carbocycles. The van der Waals surface area contributed by atoms with Crippen LogP contribution < -0.4 is 4.74 Å². The number of phenols is 1. The Morgan fingerprint density at radius 3 is 2.60 bits per heavy atom. The van der Waals surface area contributed by atoms with Crippen LogP contribution in [-0.2, 0) is 6.54 Å². The van der Waals surface area contributed by atoms with E-state index in [2.05, 4.69) is 57.7 Å². The molecule has 0 radical (unpaired) electrons. The van der Waals surface area contributed by atoms with Gasteiger partial charge in [-0.05, 0) is 66.8 Å². The van der Waals surface area contributed by atoms with E-state index in [0.717, 1.165) is 29.0 Å². The fraction of sp³-hybridized carbons (Fsp3) is 0.300. The minimum atomic E-state index is 0.225. The van der Waals surface area contributed by atoms with Crippen LogP contribution in [0, 0.1) is 5.92 Å². The highest BCUT2D eigenvalue weighted by atomic mass is 32.1. The number of pyridine rings is 1. The highest BCUT2D eigenvalue weighted by molar-refractivity contribution is 7.09. The Hall–Kier alpha value is -3.15. The number of phenolic OH excluding ortho intramolecular Hbond substituents is 1. The van der Waals surface area contributed by atoms with Gasteiger partial charge >= 0.3 is 0 Å². The maximum Gasteiger partial charge on any atom is 0.172 e. The predicted molar refractivity (Wildman–Crippen MR) is 139 cm³/mol. The van der Waals surface area contributed by atoms with Crippen molar-refractivity contribution in [3.05, 3.63) is 94.4 Å². The summed E-state index contributed by atoms with van der Waals surface area (Å²) in [6.45, 7) is 1.08. The first-order valence-electron chi connectivity index (χ1n) is 12.6. The highest BCUT2D eigenvalue weighted by Crippen LogP contribution is 2.55. The minimum Gasteiger partial charge on any atom is -0.504 e. The molecule has 4 aromatic rings. The molecule has 3 unspecified atom stereocenters. The number of rotatable bonds is 4. The van der Waals surface area contributed by atoms with Crippen LogP contribution in [-0.4, -0.2) is 27.1 Å². The van der Waals surface area contributed by atoms with Crippen LogP contribution in [0.2, 0.25) is 0 Å². The first kappa shape index (κ1) is 21.2. The van der Waals surface area contributed by atoms with E-state index in [-0.39, 0.29) is 11.7 Å². The second-order valence-corrected chi connectivity index (χ2v) is 11.2. The van der Waals surface area contributed by atoms with Gasteiger partial charge in [-0.25, -0.2) is 0 Å². The molecule has 1 N–H and O–H groups in total. The first-order chi connectivity index (χ1) is 17.2. The summed E-state index contributed by atoms with van der Waals surface area (Å²) in [7, 11) is 0. The van der Waals surface area contributed by atoms with E-state index in [9.17, 15) is 5.11 Å². The van der Waals surface area contributed by atoms with Crippen molar-refractivity contribution in [1.29, 1.82) is 0 Å². The molecule has 2 bridgehead atoms. The minimum absolute atomic E-state index is 0.225. The molecule has 5 heterocycles. The molecule has 3 aliphatic rings. The van der Waals surface area contributed by atoms with Gasteiger partial charge in [-0.3, -0.25) is 9.88 Å². The van der Waals surface area contributed by atoms with Gasteiger partial charge in [-0.1, -0.05) is 36.4 Å². The van der Waals surface area contributed by atoms with Crippen molar-refractivity contribution in [1.82, 2.24) is 9.88 Å². The standard InChI is InChI=1S/C30H28N2O2S/c33-27-7-1-6-26-29(21-14-22-9-10-23(15-21)32(22)18-24-5-3-13-35-24)25-11-8-19(16-28(25)34-30(26)27)20-4-2-12-31-17-20/h1-8,11-13,16-17,21-23,29,33H,9-10,14-15,18H2. The Morgan fingerprint density at radius 1 is 0.943 bits per heavy atom. The lowest BCUT2D eigenvalue weighted by Crippen LogP contribution is -2.43. The van der Waals surface area contributed by atoms with Crippen molar-refractivity contribution < 1.29 is 9.84 Å². The molecule has 2 aromatic carbocycles. The van der Waals surface area contributed by atoms with Gasteiger partial charge in [-0.15, -0.1) is 11.3 Å². The largest absolute Gasteiger partial charge is 0.504 e. The molecule has 7 rings (SSSR count). The van der Waals surface area contributed by atoms with E-state index in [4.69, 9.17) is 4.74 Å². The maximum atomic E-state index is 10.7. The normalized spacial score (nSPS) is 25.0. The zero-order valence-electron chi connectivity index (χ0n) is 19.5. The van der Waals surface area contributed by atoms with Gasteiger partial charge < -0.3 is 9.84 Å². The van der Waals surface area contributed by atoms with E-state index >= 15 is 0 Å². The number of benzene rings is 2. The van der Waals surface area contributed by atoms with E-state index < -0.39 is 0 Å². The SMILES string of the molecule is Oc1cccc2c1Oc1cc(-c3cccnc3)ccc1C2C1CC2CCC(C1)N2Cc1cccs1. The topological polar surface area (TPSA) is 45.6 Å². The van der Waals surface area contributed by atoms with E-state index in [0.29, 0.717) is 23.8 Å². The average Bonchev–Trinajstić information content (AvgIpc) is 3.48. The monoisotopic (exact) mass is 480 g/mol. The molecule has 2 saturated heterocycles. The molecule has 3 aliphatic heterocycles. The molecule has 0 amide bonds. The Kier molecular flexibility index (Phi) is 5.14. The van der Waals surface area contributed by atoms with Crippen LogP contribution in [0.15, 0.2) is 78.4 Å². The van der Waals surface area contributed by atoms with Crippen LogP contribution in [0.25, 0.3) is 11.1 Å². The third-order valence-corrected chi connectivity index (χ3v) is 9.09. The summed E-state index contributed by atoms with van der Waals surface area (Å²) in [6, 6.07) is 22.1. The third-order valence-electron chi connectivity index (χ3n) is 8.23. The van der Waals surface area contributed by atoms with Gasteiger partial charge in [0.1, 0.15) is 5.75 Å². The van der Waals surface area contributed by atoms with Crippen molar-refractivity contribution >= 4 is 11.3 Å². The second-order valence-electron chi connectivity index (χ2n) is 10.1. The van der Waals surface area contributed by atoms with Gasteiger partial charge in [0, 0.05) is 58.5 Å². The van der Waals surface area contributed by atoms with Crippen molar-refractivity contribution in [2.75, 3.05) is 0 Å². The molecule has 0 spiro atoms. The molecular formula is C30H28N2O2S. The molecule has 2 aromatic heterocycles. The number of fused-ring (bicyclic) bond motifs is 4. The summed E-state index contributed by atoms with van der Waals surface area (Å²) in [5.74, 6) is 2.47. The zero-order chi connectivity index (χ0) is 23.4. The number of hydrogen-bond acceptors (Lipinski definition) is 5. The van der Waals surface area contributed by atoms with E-state index in [1.54, 1.807) is 12.3 Å². The number of hydrogen-bond donors (Lipinski definition) is 1. The lowest BCUT2D eigenvalue weighted by atomic mass is 9.72. The molecule has 2 fully saturated rings. The molecule has 35 heavy (non-hydrogen) atoms. The number of aromatic hydroxyl groups is 1. The summed E-state index contributed by atoms with van der Waals surface area (Å²) in [6.07, 6.45) is 8.62. The lowest BCUT2D eigenvalue weighted by molar-refractivity contribution is 0.0898. The number of ether oxygens (including phenoxy) is 1. The summed E-state index contributed by atoms with van der Waals surface area (Å²) >= 11 is 1.87. The van der Waals surface area contributed by atoms with Crippen molar-refractivity contribution in [3.63, 3.8) is 0 Å². The Bertz CT molecular complexity index is 1340. The molecular weight excluding hydrogens is 452 g/mol. The fourth-order valence-electron chi connectivity index (χ4n) is 6.71. The van der Waals surface area contributed by atoms with Gasteiger partial charge in [0.2, 0.25) is 0 Å². The van der Waals surface area contributed by atoms with Crippen molar-refractivity contribution in [2.45, 2.75) is 50.2 Å². The third kappa shape index (κ3) is 3.65. The molecule has 4 nitrogen and oxygen atoms in total. The van der Waals surface area contributed by atoms with Crippen LogP contribution in [0.1, 0.15) is 47.6 Å². The Morgan fingerprint density at radius 2 is 1.83 bits per heavy atom. The smallest absolute Gasteiger partial charge is 0.172 e. The molecule has 5 heteroatoms. The number of piperidine rings is 1. The quantitative estimate of drug-likeness (QED) is 0.336. The van der Waals surface area contributed by atoms with Gasteiger partial charge in [-0.2, -0.15) is 0 Å². The van der Waals surface area contributed by atoms with Crippen LogP contribution in [0.5, 0.6) is 17.2 Å². The summed E-state index contributed by atoms with van der Waals surface area (Å²) in [4.78, 5) is 8.51. The maximum absolute atomic E-state index is 10.7. The molecule has 3 atom stereocenters. The first-order valence-corrected chi connectivity index (χ1v) is 13.4. The highest BCUT2D eigenvalue weighted by Gasteiger charge is 2.45. The van der Waals surface area contributed by atoms with Crippen LogP contribution in [0.4, 0.5) is 0 Å². The van der Waals surface area contributed by atoms with Crippen LogP contribution >= 0.6 is 11.3 Å². The Labute approximate surface area is 209 Å². The Balaban J connectivity index is 1.25. The van der Waals surface area contributed by atoms with E-state index in [1.807, 2.05) is 29.7 Å².